The van der Waals surface area contributed by atoms with E-state index in [1.165, 1.54) is 0 Å². The minimum absolute atomic E-state index is 0.00444. The fraction of sp³-hybridized carbons (Fsp3) is 0.312. The van der Waals surface area contributed by atoms with Crippen LogP contribution in [-0.4, -0.2) is 15.9 Å². The molecule has 0 aliphatic carbocycles. The number of amides is 1. The van der Waals surface area contributed by atoms with Crippen LogP contribution in [0.25, 0.3) is 0 Å². The number of carbonyl (C=O) groups excluding carboxylic acids is 1. The first-order valence-electron chi connectivity index (χ1n) is 6.59. The Labute approximate surface area is 119 Å². The van der Waals surface area contributed by atoms with Crippen molar-refractivity contribution in [3.8, 4) is 0 Å². The van der Waals surface area contributed by atoms with Crippen LogP contribution in [0.3, 0.4) is 0 Å². The molecule has 4 heteroatoms. The highest BCUT2D eigenvalue weighted by molar-refractivity contribution is 5.82. The van der Waals surface area contributed by atoms with Gasteiger partial charge in [0.1, 0.15) is 0 Å². The highest BCUT2D eigenvalue weighted by Crippen LogP contribution is 2.23. The highest BCUT2D eigenvalue weighted by Gasteiger charge is 2.25. The smallest absolute Gasteiger partial charge is 0.226 e. The molecule has 0 spiro atoms. The Morgan fingerprint density at radius 3 is 1.90 bits per heavy atom. The van der Waals surface area contributed by atoms with E-state index >= 15 is 0 Å². The molecule has 0 aliphatic rings. The first kappa shape index (κ1) is 14.2. The van der Waals surface area contributed by atoms with Gasteiger partial charge < -0.3 is 5.32 Å². The summed E-state index contributed by atoms with van der Waals surface area (Å²) in [7, 11) is 0. The summed E-state index contributed by atoms with van der Waals surface area (Å²) >= 11 is 0. The molecular formula is C16H19N3O. The van der Waals surface area contributed by atoms with Crippen LogP contribution in [0.5, 0.6) is 0 Å². The lowest BCUT2D eigenvalue weighted by molar-refractivity contribution is -0.129. The van der Waals surface area contributed by atoms with Crippen molar-refractivity contribution in [2.75, 3.05) is 0 Å². The largest absolute Gasteiger partial charge is 0.345 e. The molecule has 0 radical (unpaired) electrons. The predicted octanol–water partition coefficient (Wildman–Crippen LogP) is 2.73. The number of carbonyl (C=O) groups is 1. The molecule has 0 atom stereocenters. The summed E-state index contributed by atoms with van der Waals surface area (Å²) in [6.45, 7) is 5.68. The van der Waals surface area contributed by atoms with Crippen LogP contribution in [0.1, 0.15) is 37.9 Å². The van der Waals surface area contributed by atoms with Crippen LogP contribution in [0.2, 0.25) is 0 Å². The maximum atomic E-state index is 12.3. The third kappa shape index (κ3) is 3.41. The van der Waals surface area contributed by atoms with Gasteiger partial charge in [-0.2, -0.15) is 0 Å². The number of hydrogen-bond acceptors (Lipinski definition) is 3. The first-order valence-corrected chi connectivity index (χ1v) is 6.59. The maximum Gasteiger partial charge on any atom is 0.226 e. The van der Waals surface area contributed by atoms with Gasteiger partial charge in [-0.05, 0) is 23.3 Å². The summed E-state index contributed by atoms with van der Waals surface area (Å²) in [5, 5.41) is 3.07. The number of nitrogens with one attached hydrogen (secondary N) is 1. The summed E-state index contributed by atoms with van der Waals surface area (Å²) in [6.07, 6.45) is 6.96. The second-order valence-electron chi connectivity index (χ2n) is 5.73. The zero-order valence-electron chi connectivity index (χ0n) is 12.0. The van der Waals surface area contributed by atoms with Crippen LogP contribution in [0.15, 0.2) is 49.1 Å². The van der Waals surface area contributed by atoms with Gasteiger partial charge in [0.15, 0.2) is 0 Å². The molecular weight excluding hydrogens is 250 g/mol. The Hall–Kier alpha value is -2.23. The Kier molecular flexibility index (Phi) is 4.13. The molecule has 0 saturated carbocycles. The van der Waals surface area contributed by atoms with E-state index in [1.807, 2.05) is 45.0 Å². The fourth-order valence-corrected chi connectivity index (χ4v) is 1.80. The van der Waals surface area contributed by atoms with Crippen LogP contribution in [0.4, 0.5) is 0 Å². The van der Waals surface area contributed by atoms with E-state index < -0.39 is 5.41 Å². The number of hydrogen-bond donors (Lipinski definition) is 1. The molecule has 0 bridgehead atoms. The molecule has 20 heavy (non-hydrogen) atoms. The fourth-order valence-electron chi connectivity index (χ4n) is 1.80. The topological polar surface area (TPSA) is 54.9 Å². The molecule has 2 aromatic rings. The Morgan fingerprint density at radius 1 is 1.05 bits per heavy atom. The lowest BCUT2D eigenvalue weighted by Gasteiger charge is -2.24. The SMILES string of the molecule is CC(C)(C)C(=O)NC(c1cccnc1)c1cccnc1. The van der Waals surface area contributed by atoms with E-state index in [1.54, 1.807) is 24.8 Å². The monoisotopic (exact) mass is 269 g/mol. The summed E-state index contributed by atoms with van der Waals surface area (Å²) in [6, 6.07) is 7.40. The van der Waals surface area contributed by atoms with Crippen molar-refractivity contribution in [1.29, 1.82) is 0 Å². The molecule has 1 amide bonds. The summed E-state index contributed by atoms with van der Waals surface area (Å²) in [5.74, 6) is -0.00444. The summed E-state index contributed by atoms with van der Waals surface area (Å²) < 4.78 is 0. The van der Waals surface area contributed by atoms with Crippen molar-refractivity contribution in [2.24, 2.45) is 5.41 Å². The number of nitrogens with zero attached hydrogens (tertiary/aromatic N) is 2. The maximum absolute atomic E-state index is 12.3. The van der Waals surface area contributed by atoms with E-state index in [-0.39, 0.29) is 11.9 Å². The van der Waals surface area contributed by atoms with Gasteiger partial charge >= 0.3 is 0 Å². The van der Waals surface area contributed by atoms with E-state index in [2.05, 4.69) is 15.3 Å². The van der Waals surface area contributed by atoms with E-state index in [0.29, 0.717) is 0 Å². The third-order valence-electron chi connectivity index (χ3n) is 2.99. The van der Waals surface area contributed by atoms with Crippen molar-refractivity contribution in [3.63, 3.8) is 0 Å². The lowest BCUT2D eigenvalue weighted by atomic mass is 9.93. The molecule has 0 saturated heterocycles. The van der Waals surface area contributed by atoms with Gasteiger partial charge in [0.2, 0.25) is 5.91 Å². The van der Waals surface area contributed by atoms with Gasteiger partial charge in [-0.25, -0.2) is 0 Å². The van der Waals surface area contributed by atoms with Crippen molar-refractivity contribution in [3.05, 3.63) is 60.2 Å². The van der Waals surface area contributed by atoms with Gasteiger partial charge in [-0.3, -0.25) is 14.8 Å². The molecule has 2 rings (SSSR count). The zero-order chi connectivity index (χ0) is 14.6. The standard InChI is InChI=1S/C16H19N3O/c1-16(2,3)15(20)19-14(12-6-4-8-17-10-12)13-7-5-9-18-11-13/h4-11,14H,1-3H3,(H,19,20). The van der Waals surface area contributed by atoms with Crippen LogP contribution >= 0.6 is 0 Å². The molecule has 2 aromatic heterocycles. The van der Waals surface area contributed by atoms with Gasteiger partial charge in [0.05, 0.1) is 6.04 Å². The third-order valence-corrected chi connectivity index (χ3v) is 2.99. The van der Waals surface area contributed by atoms with Gasteiger partial charge in [-0.1, -0.05) is 32.9 Å². The van der Waals surface area contributed by atoms with Crippen LogP contribution in [-0.2, 0) is 4.79 Å². The molecule has 4 nitrogen and oxygen atoms in total. The predicted molar refractivity (Wildman–Crippen MR) is 77.9 cm³/mol. The van der Waals surface area contributed by atoms with Crippen molar-refractivity contribution < 1.29 is 4.79 Å². The van der Waals surface area contributed by atoms with Crippen molar-refractivity contribution in [1.82, 2.24) is 15.3 Å². The molecule has 0 fully saturated rings. The number of rotatable bonds is 3. The molecule has 104 valence electrons. The van der Waals surface area contributed by atoms with E-state index in [4.69, 9.17) is 0 Å². The van der Waals surface area contributed by atoms with Gasteiger partial charge in [0.25, 0.3) is 0 Å². The first-order chi connectivity index (χ1) is 9.48. The highest BCUT2D eigenvalue weighted by atomic mass is 16.2. The zero-order valence-corrected chi connectivity index (χ0v) is 12.0. The molecule has 0 aliphatic heterocycles. The Morgan fingerprint density at radius 2 is 1.55 bits per heavy atom. The Bertz CT molecular complexity index is 522. The second-order valence-corrected chi connectivity index (χ2v) is 5.73. The number of aromatic nitrogens is 2. The van der Waals surface area contributed by atoms with E-state index in [9.17, 15) is 4.79 Å². The quantitative estimate of drug-likeness (QED) is 0.932. The number of pyridine rings is 2. The molecule has 2 heterocycles. The summed E-state index contributed by atoms with van der Waals surface area (Å²) in [5.41, 5.74) is 1.44. The van der Waals surface area contributed by atoms with Crippen LogP contribution in [0, 0.1) is 5.41 Å². The molecule has 0 aromatic carbocycles. The minimum atomic E-state index is -0.442. The van der Waals surface area contributed by atoms with Crippen LogP contribution < -0.4 is 5.32 Å². The van der Waals surface area contributed by atoms with E-state index in [0.717, 1.165) is 11.1 Å². The van der Waals surface area contributed by atoms with Gasteiger partial charge in [0, 0.05) is 30.2 Å². The molecule has 1 N–H and O–H groups in total. The lowest BCUT2D eigenvalue weighted by Crippen LogP contribution is -2.37. The minimum Gasteiger partial charge on any atom is -0.345 e. The van der Waals surface area contributed by atoms with Crippen molar-refractivity contribution in [2.45, 2.75) is 26.8 Å². The van der Waals surface area contributed by atoms with Gasteiger partial charge in [-0.15, -0.1) is 0 Å². The normalized spacial score (nSPS) is 11.4. The average Bonchev–Trinajstić information content (AvgIpc) is 2.45. The average molecular weight is 269 g/mol. The Balaban J connectivity index is 2.34. The summed E-state index contributed by atoms with van der Waals surface area (Å²) in [4.78, 5) is 20.5. The van der Waals surface area contributed by atoms with Crippen molar-refractivity contribution >= 4 is 5.91 Å². The second kappa shape index (κ2) is 5.82. The molecule has 0 unspecified atom stereocenters.